The molecule has 5 rings (SSSR count). The molecule has 0 radical (unpaired) electrons. The van der Waals surface area contributed by atoms with E-state index in [1.54, 1.807) is 23.2 Å². The number of aryl methyl sites for hydroxylation is 1. The van der Waals surface area contributed by atoms with E-state index in [1.165, 1.54) is 31.4 Å². The minimum atomic E-state index is -4.76. The van der Waals surface area contributed by atoms with Crippen molar-refractivity contribution in [3.8, 4) is 22.4 Å². The molecule has 3 aromatic heterocycles. The Morgan fingerprint density at radius 3 is 2.51 bits per heavy atom. The number of amides is 1. The Hall–Kier alpha value is -5.06. The largest absolute Gasteiger partial charge is 0.417 e. The molecule has 1 N–H and O–H groups in total. The molecule has 0 fully saturated rings. The molecule has 5 aromatic rings. The van der Waals surface area contributed by atoms with E-state index >= 15 is 0 Å². The van der Waals surface area contributed by atoms with E-state index in [1.807, 2.05) is 37.5 Å². The summed E-state index contributed by atoms with van der Waals surface area (Å²) in [7, 11) is 3.09. The van der Waals surface area contributed by atoms with Gasteiger partial charge in [0.25, 0.3) is 11.5 Å². The number of aromatic nitrogens is 5. The molecule has 39 heavy (non-hydrogen) atoms. The summed E-state index contributed by atoms with van der Waals surface area (Å²) in [5, 5.41) is 11.5. The van der Waals surface area contributed by atoms with E-state index in [9.17, 15) is 22.8 Å². The van der Waals surface area contributed by atoms with Gasteiger partial charge in [0.1, 0.15) is 0 Å². The summed E-state index contributed by atoms with van der Waals surface area (Å²) in [6.07, 6.45) is 3.77. The van der Waals surface area contributed by atoms with E-state index in [2.05, 4.69) is 20.5 Å². The monoisotopic (exact) mass is 530 g/mol. The lowest BCUT2D eigenvalue weighted by molar-refractivity contribution is -0.137. The molecule has 0 saturated heterocycles. The minimum Gasteiger partial charge on any atom is -0.355 e. The van der Waals surface area contributed by atoms with Crippen molar-refractivity contribution >= 4 is 29.1 Å². The number of alkyl halides is 3. The number of pyridine rings is 1. The van der Waals surface area contributed by atoms with Crippen molar-refractivity contribution in [1.29, 1.82) is 0 Å². The normalized spacial score (nSPS) is 11.8. The maximum absolute atomic E-state index is 13.7. The summed E-state index contributed by atoms with van der Waals surface area (Å²) >= 11 is 0. The Morgan fingerprint density at radius 1 is 0.974 bits per heavy atom. The zero-order valence-corrected chi connectivity index (χ0v) is 20.8. The molecule has 0 saturated carbocycles. The highest BCUT2D eigenvalue weighted by Gasteiger charge is 2.35. The highest BCUT2D eigenvalue weighted by Crippen LogP contribution is 2.34. The van der Waals surface area contributed by atoms with Gasteiger partial charge in [-0.1, -0.05) is 12.1 Å². The molecular formula is C28H21F3N6O2. The van der Waals surface area contributed by atoms with Crippen LogP contribution in [-0.4, -0.2) is 37.5 Å². The van der Waals surface area contributed by atoms with Gasteiger partial charge in [-0.05, 0) is 48.0 Å². The summed E-state index contributed by atoms with van der Waals surface area (Å²) in [5.74, 6) is -0.854. The van der Waals surface area contributed by atoms with Gasteiger partial charge in [0.2, 0.25) is 0 Å². The van der Waals surface area contributed by atoms with E-state index in [0.29, 0.717) is 0 Å². The zero-order chi connectivity index (χ0) is 27.7. The highest BCUT2D eigenvalue weighted by atomic mass is 19.4. The number of hydrogen-bond acceptors (Lipinski definition) is 5. The van der Waals surface area contributed by atoms with Crippen molar-refractivity contribution < 1.29 is 18.0 Å². The summed E-state index contributed by atoms with van der Waals surface area (Å²) in [6, 6.07) is 13.4. The van der Waals surface area contributed by atoms with Crippen molar-refractivity contribution in [1.82, 2.24) is 29.9 Å². The molecule has 0 aliphatic rings. The topological polar surface area (TPSA) is 94.7 Å². The number of nitrogens with one attached hydrogen (secondary N) is 1. The van der Waals surface area contributed by atoms with Gasteiger partial charge < -0.3 is 5.32 Å². The van der Waals surface area contributed by atoms with Gasteiger partial charge in [0, 0.05) is 60.8 Å². The number of benzene rings is 2. The number of carbonyl (C=O) groups is 1. The summed E-state index contributed by atoms with van der Waals surface area (Å²) < 4.78 is 43.7. The molecule has 8 nitrogen and oxygen atoms in total. The number of halogens is 3. The third-order valence-corrected chi connectivity index (χ3v) is 6.07. The molecule has 196 valence electrons. The van der Waals surface area contributed by atoms with Crippen LogP contribution in [0.2, 0.25) is 0 Å². The molecule has 0 aliphatic heterocycles. The second-order valence-electron chi connectivity index (χ2n) is 8.73. The van der Waals surface area contributed by atoms with Crippen molar-refractivity contribution in [2.45, 2.75) is 6.18 Å². The highest BCUT2D eigenvalue weighted by molar-refractivity contribution is 5.96. The first kappa shape index (κ1) is 25.6. The van der Waals surface area contributed by atoms with Crippen molar-refractivity contribution in [3.05, 3.63) is 100 Å². The molecule has 0 atom stereocenters. The van der Waals surface area contributed by atoms with Crippen molar-refractivity contribution in [2.24, 2.45) is 7.05 Å². The molecule has 0 aliphatic carbocycles. The second kappa shape index (κ2) is 10.0. The Balaban J connectivity index is 1.48. The smallest absolute Gasteiger partial charge is 0.355 e. The SMILES string of the molecule is CNC(=O)c1ccc(-c2ccc(=O)n(C=Cc3ccc4ncc(-c5cnn(C)c5)cc4c3)n2)cc1C(F)(F)F. The fraction of sp³-hybridized carbons (Fsp3) is 0.107. The minimum absolute atomic E-state index is 0.108. The average molecular weight is 531 g/mol. The number of fused-ring (bicyclic) bond motifs is 1. The van der Waals surface area contributed by atoms with Crippen LogP contribution < -0.4 is 10.9 Å². The van der Waals surface area contributed by atoms with Crippen LogP contribution in [0.15, 0.2) is 78.0 Å². The molecule has 1 amide bonds. The Bertz CT molecular complexity index is 1800. The lowest BCUT2D eigenvalue weighted by Crippen LogP contribution is -2.22. The van der Waals surface area contributed by atoms with Crippen LogP contribution in [0, 0.1) is 0 Å². The number of nitrogens with zero attached hydrogens (tertiary/aromatic N) is 5. The lowest BCUT2D eigenvalue weighted by atomic mass is 10.0. The Morgan fingerprint density at radius 2 is 1.79 bits per heavy atom. The van der Waals surface area contributed by atoms with Gasteiger partial charge in [-0.15, -0.1) is 0 Å². The van der Waals surface area contributed by atoms with E-state index < -0.39 is 28.8 Å². The van der Waals surface area contributed by atoms with Crippen LogP contribution in [0.25, 0.3) is 45.6 Å². The lowest BCUT2D eigenvalue weighted by Gasteiger charge is -2.13. The van der Waals surface area contributed by atoms with Crippen LogP contribution in [-0.2, 0) is 13.2 Å². The van der Waals surface area contributed by atoms with E-state index in [4.69, 9.17) is 0 Å². The molecule has 11 heteroatoms. The Labute approximate surface area is 220 Å². The van der Waals surface area contributed by atoms with E-state index in [0.717, 1.165) is 44.4 Å². The van der Waals surface area contributed by atoms with Crippen LogP contribution in [0.5, 0.6) is 0 Å². The summed E-state index contributed by atoms with van der Waals surface area (Å²) in [6.45, 7) is 0. The number of hydrogen-bond donors (Lipinski definition) is 1. The maximum Gasteiger partial charge on any atom is 0.417 e. The van der Waals surface area contributed by atoms with E-state index in [-0.39, 0.29) is 11.3 Å². The number of rotatable bonds is 5. The van der Waals surface area contributed by atoms with Crippen molar-refractivity contribution in [2.75, 3.05) is 7.05 Å². The summed E-state index contributed by atoms with van der Waals surface area (Å²) in [4.78, 5) is 28.9. The first-order valence-corrected chi connectivity index (χ1v) is 11.7. The fourth-order valence-electron chi connectivity index (χ4n) is 4.10. The zero-order valence-electron chi connectivity index (χ0n) is 20.8. The molecule has 0 bridgehead atoms. The fourth-order valence-corrected chi connectivity index (χ4v) is 4.10. The van der Waals surface area contributed by atoms with Gasteiger partial charge in [-0.3, -0.25) is 19.3 Å². The predicted octanol–water partition coefficient (Wildman–Crippen LogP) is 4.87. The van der Waals surface area contributed by atoms with Gasteiger partial charge in [0.05, 0.1) is 28.5 Å². The average Bonchev–Trinajstić information content (AvgIpc) is 3.37. The molecule has 2 aromatic carbocycles. The first-order valence-electron chi connectivity index (χ1n) is 11.7. The predicted molar refractivity (Wildman–Crippen MR) is 141 cm³/mol. The molecule has 3 heterocycles. The second-order valence-corrected chi connectivity index (χ2v) is 8.73. The van der Waals surface area contributed by atoms with Crippen LogP contribution >= 0.6 is 0 Å². The maximum atomic E-state index is 13.7. The van der Waals surface area contributed by atoms with Gasteiger partial charge in [-0.25, -0.2) is 4.68 Å². The Kier molecular flexibility index (Phi) is 6.57. The third-order valence-electron chi connectivity index (χ3n) is 6.07. The van der Waals surface area contributed by atoms with Gasteiger partial charge in [0.15, 0.2) is 0 Å². The van der Waals surface area contributed by atoms with Gasteiger partial charge >= 0.3 is 6.18 Å². The third kappa shape index (κ3) is 5.33. The standard InChI is InChI=1S/C28H21F3N6O2/c1-32-27(39)22-5-4-18(13-23(22)28(29,30)31)25-7-8-26(38)37(35-25)10-9-17-3-6-24-19(11-17)12-20(14-33-24)21-15-34-36(2)16-21/h3-16H,1-2H3,(H,32,39). The first-order chi connectivity index (χ1) is 18.6. The van der Waals surface area contributed by atoms with Crippen molar-refractivity contribution in [3.63, 3.8) is 0 Å². The van der Waals surface area contributed by atoms with Crippen LogP contribution in [0.1, 0.15) is 21.5 Å². The molecule has 0 spiro atoms. The van der Waals surface area contributed by atoms with Crippen LogP contribution in [0.3, 0.4) is 0 Å². The summed E-state index contributed by atoms with van der Waals surface area (Å²) in [5.41, 5.74) is 1.58. The van der Waals surface area contributed by atoms with Crippen LogP contribution in [0.4, 0.5) is 13.2 Å². The van der Waals surface area contributed by atoms with Gasteiger partial charge in [-0.2, -0.15) is 23.4 Å². The molecular weight excluding hydrogens is 509 g/mol. The molecule has 0 unspecified atom stereocenters. The number of carbonyl (C=O) groups excluding carboxylic acids is 1. The quantitative estimate of drug-likeness (QED) is 0.350.